The second-order valence-electron chi connectivity index (χ2n) is 7.54. The highest BCUT2D eigenvalue weighted by Crippen LogP contribution is 2.17. The number of rotatable bonds is 7. The molecule has 32 heavy (non-hydrogen) atoms. The summed E-state index contributed by atoms with van der Waals surface area (Å²) in [5.41, 5.74) is 3.93. The number of benzene rings is 3. The van der Waals surface area contributed by atoms with Crippen LogP contribution in [0.25, 0.3) is 11.0 Å². The Morgan fingerprint density at radius 2 is 1.66 bits per heavy atom. The van der Waals surface area contributed by atoms with Crippen molar-refractivity contribution in [3.63, 3.8) is 0 Å². The van der Waals surface area contributed by atoms with E-state index in [9.17, 15) is 17.6 Å². The maximum absolute atomic E-state index is 13.1. The predicted octanol–water partition coefficient (Wildman–Crippen LogP) is 3.70. The molecule has 0 aliphatic heterocycles. The molecule has 4 aromatic rings. The zero-order valence-corrected chi connectivity index (χ0v) is 18.2. The number of carbonyl (C=O) groups is 1. The smallest absolute Gasteiger partial charge is 0.238 e. The second kappa shape index (κ2) is 8.92. The molecule has 8 heteroatoms. The van der Waals surface area contributed by atoms with Gasteiger partial charge in [-0.05, 0) is 54.4 Å². The van der Waals surface area contributed by atoms with Crippen LogP contribution in [0.4, 0.5) is 4.39 Å². The Morgan fingerprint density at radius 3 is 2.38 bits per heavy atom. The molecule has 0 radical (unpaired) electrons. The van der Waals surface area contributed by atoms with Gasteiger partial charge < -0.3 is 9.88 Å². The van der Waals surface area contributed by atoms with Gasteiger partial charge in [0.05, 0.1) is 22.3 Å². The molecule has 1 heterocycles. The molecule has 0 fully saturated rings. The first-order valence-electron chi connectivity index (χ1n) is 10.1. The third kappa shape index (κ3) is 4.55. The van der Waals surface area contributed by atoms with Crippen molar-refractivity contribution < 1.29 is 17.6 Å². The maximum atomic E-state index is 13.1. The van der Waals surface area contributed by atoms with Crippen molar-refractivity contribution >= 4 is 26.8 Å². The van der Waals surface area contributed by atoms with Gasteiger partial charge in [-0.3, -0.25) is 4.79 Å². The van der Waals surface area contributed by atoms with Gasteiger partial charge in [0.15, 0.2) is 9.84 Å². The van der Waals surface area contributed by atoms with Crippen molar-refractivity contribution in [1.82, 2.24) is 14.9 Å². The number of nitrogens with zero attached hydrogens (tertiary/aromatic N) is 2. The summed E-state index contributed by atoms with van der Waals surface area (Å²) >= 11 is 0. The molecule has 3 aromatic carbocycles. The number of fused-ring (bicyclic) bond motifs is 1. The molecule has 1 N–H and O–H groups in total. The van der Waals surface area contributed by atoms with Crippen LogP contribution in [0, 0.1) is 5.82 Å². The lowest BCUT2D eigenvalue weighted by molar-refractivity contribution is -0.120. The number of halogens is 1. The largest absolute Gasteiger partial charge is 0.351 e. The summed E-state index contributed by atoms with van der Waals surface area (Å²) in [6, 6.07) is 20.1. The van der Waals surface area contributed by atoms with E-state index in [1.54, 1.807) is 0 Å². The molecule has 1 amide bonds. The Kier molecular flexibility index (Phi) is 6.05. The van der Waals surface area contributed by atoms with Crippen LogP contribution >= 0.6 is 0 Å². The fraction of sp³-hybridized carbons (Fsp3) is 0.167. The molecule has 164 valence electrons. The van der Waals surface area contributed by atoms with Gasteiger partial charge in [-0.1, -0.05) is 36.4 Å². The van der Waals surface area contributed by atoms with Crippen molar-refractivity contribution in [1.29, 1.82) is 0 Å². The van der Waals surface area contributed by atoms with Crippen molar-refractivity contribution in [2.45, 2.75) is 30.2 Å². The molecule has 0 saturated heterocycles. The lowest BCUT2D eigenvalue weighted by atomic mass is 10.1. The molecule has 1 atom stereocenters. The Morgan fingerprint density at radius 1 is 1.00 bits per heavy atom. The van der Waals surface area contributed by atoms with Crippen LogP contribution in [-0.2, 0) is 27.7 Å². The lowest BCUT2D eigenvalue weighted by Gasteiger charge is -2.14. The number of carbonyl (C=O) groups excluding carboxylic acids is 1. The van der Waals surface area contributed by atoms with Crippen molar-refractivity contribution in [2.75, 3.05) is 0 Å². The molecular weight excluding hydrogens is 429 g/mol. The van der Waals surface area contributed by atoms with E-state index in [-0.39, 0.29) is 11.4 Å². The van der Waals surface area contributed by atoms with Crippen LogP contribution in [0.2, 0.25) is 0 Å². The zero-order chi connectivity index (χ0) is 22.7. The second-order valence-corrected chi connectivity index (χ2v) is 9.81. The highest BCUT2D eigenvalue weighted by Gasteiger charge is 2.29. The summed E-state index contributed by atoms with van der Waals surface area (Å²) < 4.78 is 40.3. The van der Waals surface area contributed by atoms with Gasteiger partial charge in [0.1, 0.15) is 11.1 Å². The van der Waals surface area contributed by atoms with Gasteiger partial charge in [0, 0.05) is 13.1 Å². The highest BCUT2D eigenvalue weighted by molar-refractivity contribution is 7.92. The van der Waals surface area contributed by atoms with Gasteiger partial charge >= 0.3 is 0 Å². The first-order chi connectivity index (χ1) is 15.3. The van der Waals surface area contributed by atoms with E-state index < -0.39 is 26.8 Å². The van der Waals surface area contributed by atoms with E-state index >= 15 is 0 Å². The minimum absolute atomic E-state index is 0.0853. The Balaban J connectivity index is 1.37. The standard InChI is InChI=1S/C24H22FN3O3S/c1-17(32(30,31)21-12-10-20(25)11-13-21)24(29)26-14-18-6-8-19(9-7-18)15-28-16-27-22-4-2-3-5-23(22)28/h2-13,16-17H,14-15H2,1H3,(H,26,29). The first kappa shape index (κ1) is 21.7. The number of nitrogens with one attached hydrogen (secondary N) is 1. The van der Waals surface area contributed by atoms with Gasteiger partial charge in [-0.15, -0.1) is 0 Å². The van der Waals surface area contributed by atoms with Gasteiger partial charge in [-0.25, -0.2) is 17.8 Å². The summed E-state index contributed by atoms with van der Waals surface area (Å²) in [7, 11) is -3.90. The third-order valence-electron chi connectivity index (χ3n) is 5.35. The molecule has 0 bridgehead atoms. The molecule has 1 aromatic heterocycles. The maximum Gasteiger partial charge on any atom is 0.238 e. The van der Waals surface area contributed by atoms with Crippen LogP contribution in [0.3, 0.4) is 0 Å². The van der Waals surface area contributed by atoms with Crippen molar-refractivity contribution in [2.24, 2.45) is 0 Å². The third-order valence-corrected chi connectivity index (χ3v) is 7.42. The molecule has 6 nitrogen and oxygen atoms in total. The van der Waals surface area contributed by atoms with Gasteiger partial charge in [0.2, 0.25) is 5.91 Å². The molecule has 1 unspecified atom stereocenters. The summed E-state index contributed by atoms with van der Waals surface area (Å²) in [6.45, 7) is 2.20. The SMILES string of the molecule is CC(C(=O)NCc1ccc(Cn2cnc3ccccc32)cc1)S(=O)(=O)c1ccc(F)cc1. The number of sulfone groups is 1. The minimum Gasteiger partial charge on any atom is -0.351 e. The fourth-order valence-electron chi connectivity index (χ4n) is 3.40. The average Bonchev–Trinajstić information content (AvgIpc) is 3.21. The summed E-state index contributed by atoms with van der Waals surface area (Å²) in [5.74, 6) is -1.14. The summed E-state index contributed by atoms with van der Waals surface area (Å²) in [5, 5.41) is 1.38. The van der Waals surface area contributed by atoms with E-state index in [4.69, 9.17) is 0 Å². The van der Waals surface area contributed by atoms with E-state index in [0.717, 1.165) is 46.4 Å². The quantitative estimate of drug-likeness (QED) is 0.435. The molecule has 0 aliphatic carbocycles. The van der Waals surface area contributed by atoms with Crippen LogP contribution in [-0.4, -0.2) is 29.1 Å². The van der Waals surface area contributed by atoms with E-state index in [1.165, 1.54) is 6.92 Å². The normalized spacial score (nSPS) is 12.6. The Labute approximate surface area is 185 Å². The van der Waals surface area contributed by atoms with Crippen LogP contribution in [0.15, 0.2) is 84.0 Å². The van der Waals surface area contributed by atoms with E-state index in [2.05, 4.69) is 14.9 Å². The van der Waals surface area contributed by atoms with Crippen LogP contribution < -0.4 is 5.32 Å². The van der Waals surface area contributed by atoms with Gasteiger partial charge in [0.25, 0.3) is 0 Å². The van der Waals surface area contributed by atoms with E-state index in [1.807, 2.05) is 54.9 Å². The van der Waals surface area contributed by atoms with Crippen molar-refractivity contribution in [3.05, 3.63) is 96.1 Å². The molecule has 0 saturated carbocycles. The average molecular weight is 452 g/mol. The Bertz CT molecular complexity index is 1350. The lowest BCUT2D eigenvalue weighted by Crippen LogP contribution is -2.37. The van der Waals surface area contributed by atoms with Crippen LogP contribution in [0.5, 0.6) is 0 Å². The highest BCUT2D eigenvalue weighted by atomic mass is 32.2. The monoisotopic (exact) mass is 451 g/mol. The van der Waals surface area contributed by atoms with Crippen molar-refractivity contribution in [3.8, 4) is 0 Å². The van der Waals surface area contributed by atoms with Gasteiger partial charge in [-0.2, -0.15) is 0 Å². The minimum atomic E-state index is -3.90. The number of imidazole rings is 1. The molecule has 4 rings (SSSR count). The number of aromatic nitrogens is 2. The Hall–Kier alpha value is -3.52. The van der Waals surface area contributed by atoms with E-state index in [0.29, 0.717) is 6.54 Å². The van der Waals surface area contributed by atoms with Crippen LogP contribution in [0.1, 0.15) is 18.1 Å². The number of amides is 1. The number of hydrogen-bond donors (Lipinski definition) is 1. The molecule has 0 spiro atoms. The fourth-order valence-corrected chi connectivity index (χ4v) is 4.69. The number of hydrogen-bond acceptors (Lipinski definition) is 4. The molecular formula is C24H22FN3O3S. The first-order valence-corrected chi connectivity index (χ1v) is 11.6. The number of para-hydroxylation sites is 2. The predicted molar refractivity (Wildman–Crippen MR) is 120 cm³/mol. The topological polar surface area (TPSA) is 81.1 Å². The molecule has 0 aliphatic rings. The summed E-state index contributed by atoms with van der Waals surface area (Å²) in [6.07, 6.45) is 1.81. The zero-order valence-electron chi connectivity index (χ0n) is 17.4. The summed E-state index contributed by atoms with van der Waals surface area (Å²) in [4.78, 5) is 16.7.